The minimum absolute atomic E-state index is 0.235. The summed E-state index contributed by atoms with van der Waals surface area (Å²) >= 11 is 0. The molecular formula is C13H22N4O2. The highest BCUT2D eigenvalue weighted by atomic mass is 16.5. The van der Waals surface area contributed by atoms with Crippen molar-refractivity contribution < 1.29 is 9.53 Å². The minimum Gasteiger partial charge on any atom is -0.465 e. The summed E-state index contributed by atoms with van der Waals surface area (Å²) < 4.78 is 4.78. The van der Waals surface area contributed by atoms with E-state index < -0.39 is 5.97 Å². The highest BCUT2D eigenvalue weighted by Gasteiger charge is 2.22. The molecule has 1 unspecified atom stereocenters. The van der Waals surface area contributed by atoms with E-state index in [-0.39, 0.29) is 6.04 Å². The Morgan fingerprint density at radius 2 is 2.16 bits per heavy atom. The first kappa shape index (κ1) is 15.4. The Labute approximate surface area is 114 Å². The van der Waals surface area contributed by atoms with Crippen LogP contribution in [0.3, 0.4) is 0 Å². The molecule has 19 heavy (non-hydrogen) atoms. The zero-order valence-corrected chi connectivity index (χ0v) is 12.3. The monoisotopic (exact) mass is 266 g/mol. The molecule has 1 atom stereocenters. The van der Waals surface area contributed by atoms with Crippen LogP contribution in [-0.2, 0) is 4.74 Å². The van der Waals surface area contributed by atoms with E-state index in [0.29, 0.717) is 11.4 Å². The van der Waals surface area contributed by atoms with Crippen molar-refractivity contribution in [2.45, 2.75) is 19.9 Å². The fraction of sp³-hybridized carbons (Fsp3) is 0.615. The number of carbonyl (C=O) groups excluding carboxylic acids is 1. The Hall–Kier alpha value is -1.69. The van der Waals surface area contributed by atoms with Crippen molar-refractivity contribution in [3.8, 4) is 0 Å². The van der Waals surface area contributed by atoms with E-state index >= 15 is 0 Å². The summed E-state index contributed by atoms with van der Waals surface area (Å²) in [6.45, 7) is 5.77. The molecule has 1 aromatic rings. The van der Waals surface area contributed by atoms with Crippen LogP contribution >= 0.6 is 0 Å². The van der Waals surface area contributed by atoms with Crippen molar-refractivity contribution in [1.29, 1.82) is 0 Å². The Kier molecular flexibility index (Phi) is 5.69. The molecule has 6 nitrogen and oxygen atoms in total. The number of hydrogen-bond donors (Lipinski definition) is 0. The van der Waals surface area contributed by atoms with Crippen LogP contribution in [0.4, 0.5) is 5.82 Å². The number of anilines is 1. The lowest BCUT2D eigenvalue weighted by atomic mass is 10.2. The quantitative estimate of drug-likeness (QED) is 0.717. The normalized spacial score (nSPS) is 12.3. The molecule has 0 radical (unpaired) electrons. The largest absolute Gasteiger partial charge is 0.465 e. The molecule has 1 aromatic heterocycles. The lowest BCUT2D eigenvalue weighted by Crippen LogP contribution is -2.41. The topological polar surface area (TPSA) is 58.6 Å². The van der Waals surface area contributed by atoms with Crippen LogP contribution in [0.15, 0.2) is 12.5 Å². The van der Waals surface area contributed by atoms with Crippen molar-refractivity contribution in [3.63, 3.8) is 0 Å². The van der Waals surface area contributed by atoms with Crippen LogP contribution in [0, 0.1) is 0 Å². The number of hydrogen-bond acceptors (Lipinski definition) is 6. The molecule has 1 heterocycles. The highest BCUT2D eigenvalue weighted by Crippen LogP contribution is 2.19. The molecule has 0 saturated carbocycles. The molecule has 6 heteroatoms. The molecule has 0 saturated heterocycles. The SMILES string of the molecule is CCN(c1ncncc1C(=O)OC)C(C)CN(C)C. The first-order valence-electron chi connectivity index (χ1n) is 6.30. The van der Waals surface area contributed by atoms with Gasteiger partial charge in [0.1, 0.15) is 17.7 Å². The van der Waals surface area contributed by atoms with E-state index in [1.165, 1.54) is 19.6 Å². The Bertz CT molecular complexity index is 423. The molecule has 0 spiro atoms. The highest BCUT2D eigenvalue weighted by molar-refractivity contribution is 5.94. The minimum atomic E-state index is -0.411. The summed E-state index contributed by atoms with van der Waals surface area (Å²) in [4.78, 5) is 24.1. The third-order valence-electron chi connectivity index (χ3n) is 2.87. The number of aromatic nitrogens is 2. The van der Waals surface area contributed by atoms with E-state index in [0.717, 1.165) is 13.1 Å². The standard InChI is InChI=1S/C13H22N4O2/c1-6-17(10(2)8-16(3)4)12-11(13(18)19-5)7-14-9-15-12/h7,9-10H,6,8H2,1-5H3. The number of rotatable bonds is 6. The summed E-state index contributed by atoms with van der Waals surface area (Å²) in [5, 5.41) is 0. The Morgan fingerprint density at radius 1 is 1.47 bits per heavy atom. The lowest BCUT2D eigenvalue weighted by Gasteiger charge is -2.31. The predicted octanol–water partition coefficient (Wildman–Crippen LogP) is 1.04. The molecule has 0 bridgehead atoms. The van der Waals surface area contributed by atoms with Gasteiger partial charge < -0.3 is 14.5 Å². The van der Waals surface area contributed by atoms with Crippen LogP contribution in [0.2, 0.25) is 0 Å². The molecule has 0 N–H and O–H groups in total. The number of likely N-dealkylation sites (N-methyl/N-ethyl adjacent to an activating group) is 2. The average molecular weight is 266 g/mol. The predicted molar refractivity (Wildman–Crippen MR) is 74.4 cm³/mol. The number of carbonyl (C=O) groups is 1. The molecule has 0 aliphatic carbocycles. The van der Waals surface area contributed by atoms with Gasteiger partial charge in [-0.1, -0.05) is 0 Å². The first-order valence-corrected chi connectivity index (χ1v) is 6.30. The number of nitrogens with zero attached hydrogens (tertiary/aromatic N) is 4. The summed E-state index contributed by atoms with van der Waals surface area (Å²) in [7, 11) is 5.40. The molecule has 106 valence electrons. The van der Waals surface area contributed by atoms with Gasteiger partial charge in [-0.15, -0.1) is 0 Å². The molecule has 0 fully saturated rings. The first-order chi connectivity index (χ1) is 9.01. The van der Waals surface area contributed by atoms with Crippen molar-refractivity contribution in [3.05, 3.63) is 18.1 Å². The number of methoxy groups -OCH3 is 1. The van der Waals surface area contributed by atoms with E-state index in [4.69, 9.17) is 4.74 Å². The van der Waals surface area contributed by atoms with Gasteiger partial charge in [-0.3, -0.25) is 0 Å². The molecule has 1 rings (SSSR count). The molecule has 0 aromatic carbocycles. The van der Waals surface area contributed by atoms with Crippen LogP contribution in [0.1, 0.15) is 24.2 Å². The van der Waals surface area contributed by atoms with Gasteiger partial charge in [0.05, 0.1) is 7.11 Å². The van der Waals surface area contributed by atoms with Crippen molar-refractivity contribution in [1.82, 2.24) is 14.9 Å². The van der Waals surface area contributed by atoms with Crippen LogP contribution < -0.4 is 4.90 Å². The smallest absolute Gasteiger partial charge is 0.343 e. The van der Waals surface area contributed by atoms with Crippen molar-refractivity contribution >= 4 is 11.8 Å². The molecule has 0 aliphatic rings. The van der Waals surface area contributed by atoms with E-state index in [2.05, 4.69) is 26.7 Å². The molecular weight excluding hydrogens is 244 g/mol. The van der Waals surface area contributed by atoms with Gasteiger partial charge in [0, 0.05) is 25.3 Å². The maximum Gasteiger partial charge on any atom is 0.343 e. The average Bonchev–Trinajstić information content (AvgIpc) is 2.38. The van der Waals surface area contributed by atoms with Crippen LogP contribution in [-0.4, -0.2) is 61.2 Å². The maximum absolute atomic E-state index is 11.8. The lowest BCUT2D eigenvalue weighted by molar-refractivity contribution is 0.0600. The molecule has 0 aliphatic heterocycles. The fourth-order valence-electron chi connectivity index (χ4n) is 2.10. The summed E-state index contributed by atoms with van der Waals surface area (Å²) in [6, 6.07) is 0.235. The zero-order valence-electron chi connectivity index (χ0n) is 12.3. The fourth-order valence-corrected chi connectivity index (χ4v) is 2.10. The summed E-state index contributed by atoms with van der Waals surface area (Å²) in [6.07, 6.45) is 2.95. The second-order valence-electron chi connectivity index (χ2n) is 4.65. The second-order valence-corrected chi connectivity index (χ2v) is 4.65. The third-order valence-corrected chi connectivity index (χ3v) is 2.87. The Balaban J connectivity index is 3.07. The van der Waals surface area contributed by atoms with Gasteiger partial charge in [0.25, 0.3) is 0 Å². The van der Waals surface area contributed by atoms with Crippen molar-refractivity contribution in [2.75, 3.05) is 39.2 Å². The van der Waals surface area contributed by atoms with Gasteiger partial charge in [0.2, 0.25) is 0 Å². The van der Waals surface area contributed by atoms with Gasteiger partial charge >= 0.3 is 5.97 Å². The van der Waals surface area contributed by atoms with Gasteiger partial charge in [-0.05, 0) is 27.9 Å². The van der Waals surface area contributed by atoms with E-state index in [9.17, 15) is 4.79 Å². The van der Waals surface area contributed by atoms with E-state index in [1.54, 1.807) is 0 Å². The van der Waals surface area contributed by atoms with Crippen LogP contribution in [0.5, 0.6) is 0 Å². The Morgan fingerprint density at radius 3 is 2.68 bits per heavy atom. The third kappa shape index (κ3) is 3.89. The summed E-state index contributed by atoms with van der Waals surface area (Å²) in [5.41, 5.74) is 0.400. The van der Waals surface area contributed by atoms with Crippen molar-refractivity contribution in [2.24, 2.45) is 0 Å². The number of ether oxygens (including phenoxy) is 1. The maximum atomic E-state index is 11.8. The summed E-state index contributed by atoms with van der Waals surface area (Å²) in [5.74, 6) is 0.213. The second kappa shape index (κ2) is 7.04. The van der Waals surface area contributed by atoms with Gasteiger partial charge in [0.15, 0.2) is 0 Å². The molecule has 0 amide bonds. The van der Waals surface area contributed by atoms with Gasteiger partial charge in [-0.25, -0.2) is 14.8 Å². The van der Waals surface area contributed by atoms with E-state index in [1.807, 2.05) is 21.0 Å². The zero-order chi connectivity index (χ0) is 14.4. The van der Waals surface area contributed by atoms with Gasteiger partial charge in [-0.2, -0.15) is 0 Å². The number of esters is 1. The van der Waals surface area contributed by atoms with Crippen LogP contribution in [0.25, 0.3) is 0 Å².